The Labute approximate surface area is 69.9 Å². The summed E-state index contributed by atoms with van der Waals surface area (Å²) in [6, 6.07) is 1.92. The zero-order valence-electron chi connectivity index (χ0n) is 4.89. The van der Waals surface area contributed by atoms with Crippen LogP contribution in [0.2, 0.25) is 0 Å². The van der Waals surface area contributed by atoms with E-state index >= 15 is 0 Å². The summed E-state index contributed by atoms with van der Waals surface area (Å²) in [4.78, 5) is 11.6. The van der Waals surface area contributed by atoms with Crippen molar-refractivity contribution in [1.82, 2.24) is 0 Å². The number of carbonyl (C=O) groups excluding carboxylic acids is 1. The molecule has 1 aliphatic heterocycles. The molecule has 0 radical (unpaired) electrons. The number of ether oxygens (including phenoxy) is 1. The van der Waals surface area contributed by atoms with Crippen molar-refractivity contribution in [3.63, 3.8) is 0 Å². The van der Waals surface area contributed by atoms with Crippen LogP contribution in [0, 0.1) is 0 Å². The van der Waals surface area contributed by atoms with Gasteiger partial charge in [0.2, 0.25) is 0 Å². The van der Waals surface area contributed by atoms with Crippen molar-refractivity contribution in [1.29, 1.82) is 0 Å². The van der Waals surface area contributed by atoms with Crippen LogP contribution >= 0.6 is 27.3 Å². The maximum atomic E-state index is 10.8. The molecule has 2 nitrogen and oxygen atoms in total. The van der Waals surface area contributed by atoms with E-state index in [-0.39, 0.29) is 5.97 Å². The van der Waals surface area contributed by atoms with Crippen molar-refractivity contribution in [2.24, 2.45) is 0 Å². The highest BCUT2D eigenvalue weighted by Gasteiger charge is 2.23. The first-order chi connectivity index (χ1) is 4.77. The number of fused-ring (bicyclic) bond motifs is 1. The van der Waals surface area contributed by atoms with Crippen LogP contribution in [0.1, 0.15) is 15.2 Å². The van der Waals surface area contributed by atoms with E-state index in [0.717, 1.165) is 14.2 Å². The highest BCUT2D eigenvalue weighted by atomic mass is 79.9. The number of hydrogen-bond donors (Lipinski definition) is 0. The van der Waals surface area contributed by atoms with Crippen LogP contribution in [0.15, 0.2) is 9.85 Å². The third kappa shape index (κ3) is 0.793. The summed E-state index contributed by atoms with van der Waals surface area (Å²) in [5.74, 6) is -0.189. The highest BCUT2D eigenvalue weighted by molar-refractivity contribution is 9.11. The molecule has 0 atom stereocenters. The third-order valence-electron chi connectivity index (χ3n) is 1.32. The number of halogens is 1. The van der Waals surface area contributed by atoms with Crippen molar-refractivity contribution in [2.45, 2.75) is 6.61 Å². The molecule has 2 heterocycles. The topological polar surface area (TPSA) is 26.3 Å². The fraction of sp³-hybridized carbons (Fsp3) is 0.167. The first-order valence-corrected chi connectivity index (χ1v) is 4.33. The normalized spacial score (nSPS) is 15.1. The summed E-state index contributed by atoms with van der Waals surface area (Å²) < 4.78 is 5.76. The number of esters is 1. The van der Waals surface area contributed by atoms with Gasteiger partial charge in [-0.2, -0.15) is 0 Å². The van der Waals surface area contributed by atoms with Gasteiger partial charge in [-0.05, 0) is 22.0 Å². The Bertz CT molecular complexity index is 292. The Morgan fingerprint density at radius 2 is 2.50 bits per heavy atom. The summed E-state index contributed by atoms with van der Waals surface area (Å²) in [5.41, 5.74) is 1.00. The summed E-state index contributed by atoms with van der Waals surface area (Å²) in [6.07, 6.45) is 0. The van der Waals surface area contributed by atoms with Crippen molar-refractivity contribution in [3.05, 3.63) is 20.3 Å². The Kier molecular flexibility index (Phi) is 1.32. The molecule has 0 spiro atoms. The maximum absolute atomic E-state index is 10.8. The minimum Gasteiger partial charge on any atom is -0.457 e. The first-order valence-electron chi connectivity index (χ1n) is 2.73. The second-order valence-electron chi connectivity index (χ2n) is 1.98. The molecule has 10 heavy (non-hydrogen) atoms. The van der Waals surface area contributed by atoms with Gasteiger partial charge >= 0.3 is 5.97 Å². The van der Waals surface area contributed by atoms with Gasteiger partial charge in [0.25, 0.3) is 0 Å². The van der Waals surface area contributed by atoms with E-state index in [4.69, 9.17) is 4.74 Å². The molecular weight excluding hydrogens is 216 g/mol. The van der Waals surface area contributed by atoms with Gasteiger partial charge in [0.15, 0.2) is 0 Å². The molecule has 0 unspecified atom stereocenters. The van der Waals surface area contributed by atoms with Gasteiger partial charge in [0, 0.05) is 5.56 Å². The van der Waals surface area contributed by atoms with E-state index in [0.29, 0.717) is 6.61 Å². The van der Waals surface area contributed by atoms with Crippen LogP contribution in [0.4, 0.5) is 0 Å². The van der Waals surface area contributed by atoms with E-state index in [2.05, 4.69) is 15.9 Å². The van der Waals surface area contributed by atoms with E-state index < -0.39 is 0 Å². The van der Waals surface area contributed by atoms with Crippen LogP contribution in [-0.2, 0) is 11.3 Å². The van der Waals surface area contributed by atoms with Crippen molar-refractivity contribution >= 4 is 33.2 Å². The van der Waals surface area contributed by atoms with Crippen molar-refractivity contribution in [3.8, 4) is 0 Å². The second-order valence-corrected chi connectivity index (χ2v) is 4.41. The average molecular weight is 219 g/mol. The smallest absolute Gasteiger partial charge is 0.349 e. The largest absolute Gasteiger partial charge is 0.457 e. The molecule has 1 aliphatic rings. The molecule has 0 aromatic carbocycles. The van der Waals surface area contributed by atoms with E-state index in [1.165, 1.54) is 11.3 Å². The van der Waals surface area contributed by atoms with Crippen molar-refractivity contribution in [2.75, 3.05) is 0 Å². The molecule has 0 fully saturated rings. The van der Waals surface area contributed by atoms with Gasteiger partial charge in [-0.3, -0.25) is 0 Å². The Hall–Kier alpha value is -0.350. The molecular formula is C6H3BrO2S. The van der Waals surface area contributed by atoms with Crippen LogP contribution in [0.25, 0.3) is 0 Å². The Morgan fingerprint density at radius 3 is 3.20 bits per heavy atom. The summed E-state index contributed by atoms with van der Waals surface area (Å²) in [5, 5.41) is 0. The predicted molar refractivity (Wildman–Crippen MR) is 41.1 cm³/mol. The Morgan fingerprint density at radius 1 is 1.70 bits per heavy atom. The summed E-state index contributed by atoms with van der Waals surface area (Å²) in [7, 11) is 0. The monoisotopic (exact) mass is 218 g/mol. The third-order valence-corrected chi connectivity index (χ3v) is 2.98. The fourth-order valence-corrected chi connectivity index (χ4v) is 2.43. The zero-order chi connectivity index (χ0) is 7.14. The molecule has 1 aromatic heterocycles. The molecule has 0 amide bonds. The van der Waals surface area contributed by atoms with E-state index in [1.54, 1.807) is 0 Å². The lowest BCUT2D eigenvalue weighted by atomic mass is 10.3. The zero-order valence-corrected chi connectivity index (χ0v) is 7.29. The maximum Gasteiger partial charge on any atom is 0.349 e. The van der Waals surface area contributed by atoms with Crippen molar-refractivity contribution < 1.29 is 9.53 Å². The summed E-state index contributed by atoms with van der Waals surface area (Å²) in [6.45, 7) is 0.441. The van der Waals surface area contributed by atoms with Crippen LogP contribution in [0.3, 0.4) is 0 Å². The lowest BCUT2D eigenvalue weighted by Gasteiger charge is -1.86. The minimum atomic E-state index is -0.189. The number of rotatable bonds is 0. The van der Waals surface area contributed by atoms with E-state index in [9.17, 15) is 4.79 Å². The second kappa shape index (κ2) is 2.07. The molecule has 0 aliphatic carbocycles. The molecule has 2 rings (SSSR count). The van der Waals surface area contributed by atoms with Crippen LogP contribution in [0.5, 0.6) is 0 Å². The molecule has 1 aromatic rings. The van der Waals surface area contributed by atoms with Gasteiger partial charge in [0.1, 0.15) is 11.5 Å². The number of cyclic esters (lactones) is 1. The molecule has 52 valence electrons. The Balaban J connectivity index is 2.59. The average Bonchev–Trinajstić information content (AvgIpc) is 2.35. The van der Waals surface area contributed by atoms with Gasteiger partial charge in [0.05, 0.1) is 3.79 Å². The standard InChI is InChI=1S/C6H3BrO2S/c7-4-1-3-2-9-6(8)5(3)10-4/h1H,2H2. The summed E-state index contributed by atoms with van der Waals surface area (Å²) >= 11 is 4.72. The molecule has 0 N–H and O–H groups in total. The van der Waals surface area contributed by atoms with Gasteiger partial charge < -0.3 is 4.74 Å². The van der Waals surface area contributed by atoms with Gasteiger partial charge in [-0.1, -0.05) is 0 Å². The molecule has 0 saturated carbocycles. The van der Waals surface area contributed by atoms with Crippen LogP contribution in [-0.4, -0.2) is 5.97 Å². The molecule has 4 heteroatoms. The molecule has 0 saturated heterocycles. The minimum absolute atomic E-state index is 0.189. The molecule has 0 bridgehead atoms. The number of hydrogen-bond acceptors (Lipinski definition) is 3. The predicted octanol–water partition coefficient (Wildman–Crippen LogP) is 2.18. The number of carbonyl (C=O) groups is 1. The lowest BCUT2D eigenvalue weighted by molar-refractivity contribution is 0.0538. The number of thiophene rings is 1. The van der Waals surface area contributed by atoms with Gasteiger partial charge in [-0.15, -0.1) is 11.3 Å². The van der Waals surface area contributed by atoms with E-state index in [1.807, 2.05) is 6.07 Å². The first kappa shape index (κ1) is 6.37. The van der Waals surface area contributed by atoms with Crippen LogP contribution < -0.4 is 0 Å². The highest BCUT2D eigenvalue weighted by Crippen LogP contribution is 2.32. The quantitative estimate of drug-likeness (QED) is 0.625. The fourth-order valence-electron chi connectivity index (χ4n) is 0.884. The SMILES string of the molecule is O=C1OCc2cc(Br)sc21. The van der Waals surface area contributed by atoms with Gasteiger partial charge in [-0.25, -0.2) is 4.79 Å². The lowest BCUT2D eigenvalue weighted by Crippen LogP contribution is -1.89.